The van der Waals surface area contributed by atoms with E-state index in [1.165, 1.54) is 18.2 Å². The molecule has 0 unspecified atom stereocenters. The molecule has 25 heavy (non-hydrogen) atoms. The Balaban J connectivity index is 1.69. The van der Waals surface area contributed by atoms with Gasteiger partial charge in [0.15, 0.2) is 6.10 Å². The van der Waals surface area contributed by atoms with E-state index in [1.54, 1.807) is 11.8 Å². The lowest BCUT2D eigenvalue weighted by atomic mass is 10.1. The molecule has 2 amide bonds. The molecule has 1 fully saturated rings. The summed E-state index contributed by atoms with van der Waals surface area (Å²) < 4.78 is 32.6. The van der Waals surface area contributed by atoms with Crippen LogP contribution in [0.25, 0.3) is 0 Å². The molecule has 8 nitrogen and oxygen atoms in total. The summed E-state index contributed by atoms with van der Waals surface area (Å²) >= 11 is 0. The number of piperidine rings is 1. The van der Waals surface area contributed by atoms with Gasteiger partial charge in [-0.3, -0.25) is 9.59 Å². The number of carbonyl (C=O) groups is 2. The lowest BCUT2D eigenvalue weighted by Gasteiger charge is -2.26. The molecule has 2 heterocycles. The third-order valence-electron chi connectivity index (χ3n) is 4.31. The van der Waals surface area contributed by atoms with E-state index in [9.17, 15) is 18.0 Å². The van der Waals surface area contributed by atoms with Gasteiger partial charge in [-0.2, -0.15) is 0 Å². The summed E-state index contributed by atoms with van der Waals surface area (Å²) in [6, 6.07) is 4.20. The predicted octanol–water partition coefficient (Wildman–Crippen LogP) is 0.697. The largest absolute Gasteiger partial charge is 0.479 e. The number of rotatable bonds is 4. The summed E-state index contributed by atoms with van der Waals surface area (Å²) in [6.07, 6.45) is 2.36. The first-order valence-electron chi connectivity index (χ1n) is 8.26. The number of benzene rings is 1. The lowest BCUT2D eigenvalue weighted by molar-refractivity contribution is -0.130. The summed E-state index contributed by atoms with van der Waals surface area (Å²) in [5, 5.41) is 2.61. The fourth-order valence-corrected chi connectivity index (χ4v) is 3.85. The Morgan fingerprint density at radius 2 is 2.04 bits per heavy atom. The van der Waals surface area contributed by atoms with Gasteiger partial charge in [-0.1, -0.05) is 0 Å². The first kappa shape index (κ1) is 17.7. The number of fused-ring (bicyclic) bond motifs is 1. The van der Waals surface area contributed by atoms with E-state index in [0.717, 1.165) is 19.3 Å². The van der Waals surface area contributed by atoms with E-state index < -0.39 is 16.1 Å². The minimum atomic E-state index is -3.86. The maximum atomic E-state index is 12.4. The highest BCUT2D eigenvalue weighted by Crippen LogP contribution is 2.31. The number of anilines is 1. The molecule has 0 radical (unpaired) electrons. The zero-order chi connectivity index (χ0) is 18.0. The Morgan fingerprint density at radius 1 is 1.32 bits per heavy atom. The van der Waals surface area contributed by atoms with Crippen LogP contribution in [0, 0.1) is 0 Å². The van der Waals surface area contributed by atoms with E-state index in [4.69, 9.17) is 4.74 Å². The highest BCUT2D eigenvalue weighted by atomic mass is 32.2. The monoisotopic (exact) mass is 367 g/mol. The van der Waals surface area contributed by atoms with Crippen LogP contribution in [0.4, 0.5) is 5.69 Å². The molecule has 1 saturated heterocycles. The van der Waals surface area contributed by atoms with Crippen molar-refractivity contribution in [1.82, 2.24) is 9.62 Å². The van der Waals surface area contributed by atoms with Crippen molar-refractivity contribution in [3.63, 3.8) is 0 Å². The van der Waals surface area contributed by atoms with Crippen LogP contribution in [0.2, 0.25) is 0 Å². The van der Waals surface area contributed by atoms with Crippen LogP contribution in [0.3, 0.4) is 0 Å². The van der Waals surface area contributed by atoms with Gasteiger partial charge in [-0.05, 0) is 44.4 Å². The first-order valence-corrected chi connectivity index (χ1v) is 9.74. The number of carbonyl (C=O) groups excluding carboxylic acids is 2. The molecule has 9 heteroatoms. The number of nitrogens with one attached hydrogen (secondary N) is 2. The van der Waals surface area contributed by atoms with E-state index in [-0.39, 0.29) is 23.3 Å². The van der Waals surface area contributed by atoms with Crippen molar-refractivity contribution in [1.29, 1.82) is 0 Å². The number of nitrogens with zero attached hydrogens (tertiary/aromatic N) is 1. The lowest BCUT2D eigenvalue weighted by Crippen LogP contribution is -2.42. The van der Waals surface area contributed by atoms with Crippen molar-refractivity contribution in [2.75, 3.05) is 25.0 Å². The van der Waals surface area contributed by atoms with E-state index in [2.05, 4.69) is 10.0 Å². The molecule has 0 aromatic heterocycles. The van der Waals surface area contributed by atoms with Gasteiger partial charge in [0.2, 0.25) is 15.9 Å². The zero-order valence-corrected chi connectivity index (χ0v) is 14.8. The average molecular weight is 367 g/mol. The summed E-state index contributed by atoms with van der Waals surface area (Å²) in [5.41, 5.74) is 0.299. The van der Waals surface area contributed by atoms with Crippen LogP contribution in [0.5, 0.6) is 5.75 Å². The van der Waals surface area contributed by atoms with E-state index in [0.29, 0.717) is 24.5 Å². The SMILES string of the molecule is C[C@@H]1Oc2ccc(S(=O)(=O)NCC(=O)N3CCCCC3)cc2NC1=O. The van der Waals surface area contributed by atoms with Crippen LogP contribution < -0.4 is 14.8 Å². The van der Waals surface area contributed by atoms with Crippen molar-refractivity contribution in [3.8, 4) is 5.75 Å². The quantitative estimate of drug-likeness (QED) is 0.815. The third-order valence-corrected chi connectivity index (χ3v) is 5.71. The number of sulfonamides is 1. The number of likely N-dealkylation sites (tertiary alicyclic amines) is 1. The van der Waals surface area contributed by atoms with Gasteiger partial charge in [0, 0.05) is 13.1 Å². The fourth-order valence-electron chi connectivity index (χ4n) is 2.85. The van der Waals surface area contributed by atoms with E-state index in [1.807, 2.05) is 0 Å². The van der Waals surface area contributed by atoms with Gasteiger partial charge >= 0.3 is 0 Å². The normalized spacial score (nSPS) is 20.4. The molecule has 0 spiro atoms. The average Bonchev–Trinajstić information content (AvgIpc) is 2.61. The van der Waals surface area contributed by atoms with Gasteiger partial charge in [-0.25, -0.2) is 13.1 Å². The molecule has 0 saturated carbocycles. The smallest absolute Gasteiger partial charge is 0.265 e. The van der Waals surface area contributed by atoms with Gasteiger partial charge < -0.3 is 15.0 Å². The molecule has 2 N–H and O–H groups in total. The topological polar surface area (TPSA) is 105 Å². The molecule has 3 rings (SSSR count). The summed E-state index contributed by atoms with van der Waals surface area (Å²) in [5.74, 6) is -0.155. The minimum Gasteiger partial charge on any atom is -0.479 e. The zero-order valence-electron chi connectivity index (χ0n) is 13.9. The maximum Gasteiger partial charge on any atom is 0.265 e. The van der Waals surface area contributed by atoms with Gasteiger partial charge in [-0.15, -0.1) is 0 Å². The van der Waals surface area contributed by atoms with Crippen molar-refractivity contribution in [2.24, 2.45) is 0 Å². The van der Waals surface area contributed by atoms with Crippen molar-refractivity contribution >= 4 is 27.5 Å². The second kappa shape index (κ2) is 7.01. The predicted molar refractivity (Wildman–Crippen MR) is 90.8 cm³/mol. The molecule has 2 aliphatic heterocycles. The number of hydrogen-bond acceptors (Lipinski definition) is 5. The Bertz CT molecular complexity index is 787. The van der Waals surface area contributed by atoms with Crippen molar-refractivity contribution < 1.29 is 22.7 Å². The Morgan fingerprint density at radius 3 is 2.76 bits per heavy atom. The highest BCUT2D eigenvalue weighted by molar-refractivity contribution is 7.89. The second-order valence-electron chi connectivity index (χ2n) is 6.17. The molecule has 0 bridgehead atoms. The molecule has 2 aliphatic rings. The molecule has 1 aromatic rings. The minimum absolute atomic E-state index is 0.0313. The van der Waals surface area contributed by atoms with E-state index >= 15 is 0 Å². The van der Waals surface area contributed by atoms with Gasteiger partial charge in [0.1, 0.15) is 5.75 Å². The molecule has 1 atom stereocenters. The Kier molecular flexibility index (Phi) is 4.96. The van der Waals surface area contributed by atoms with Crippen LogP contribution in [-0.4, -0.2) is 50.9 Å². The van der Waals surface area contributed by atoms with Gasteiger partial charge in [0.05, 0.1) is 17.1 Å². The third kappa shape index (κ3) is 3.93. The Hall–Kier alpha value is -2.13. The molecule has 0 aliphatic carbocycles. The van der Waals surface area contributed by atoms with Gasteiger partial charge in [0.25, 0.3) is 5.91 Å². The Labute approximate surface area is 146 Å². The van der Waals surface area contributed by atoms with Crippen LogP contribution in [-0.2, 0) is 19.6 Å². The number of amides is 2. The maximum absolute atomic E-state index is 12.4. The van der Waals surface area contributed by atoms with Crippen LogP contribution in [0.15, 0.2) is 23.1 Å². The molecular weight excluding hydrogens is 346 g/mol. The van der Waals surface area contributed by atoms with Crippen molar-refractivity contribution in [2.45, 2.75) is 37.2 Å². The summed E-state index contributed by atoms with van der Waals surface area (Å²) in [7, 11) is -3.86. The highest BCUT2D eigenvalue weighted by Gasteiger charge is 2.26. The number of ether oxygens (including phenoxy) is 1. The summed E-state index contributed by atoms with van der Waals surface area (Å²) in [6.45, 7) is 2.66. The molecular formula is C16H21N3O5S. The standard InChI is InChI=1S/C16H21N3O5S/c1-11-16(21)18-13-9-12(5-6-14(13)24-11)25(22,23)17-10-15(20)19-7-3-2-4-8-19/h5-6,9,11,17H,2-4,7-8,10H2,1H3,(H,18,21)/t11-/m0/s1. The fraction of sp³-hybridized carbons (Fsp3) is 0.500. The summed E-state index contributed by atoms with van der Waals surface area (Å²) in [4.78, 5) is 25.4. The second-order valence-corrected chi connectivity index (χ2v) is 7.94. The van der Waals surface area contributed by atoms with Crippen LogP contribution in [0.1, 0.15) is 26.2 Å². The first-order chi connectivity index (χ1) is 11.9. The number of hydrogen-bond donors (Lipinski definition) is 2. The van der Waals surface area contributed by atoms with Crippen molar-refractivity contribution in [3.05, 3.63) is 18.2 Å². The molecule has 136 valence electrons. The molecule has 1 aromatic carbocycles. The van der Waals surface area contributed by atoms with Crippen LogP contribution >= 0.6 is 0 Å².